The van der Waals surface area contributed by atoms with Gasteiger partial charge in [-0.1, -0.05) is 13.8 Å². The Morgan fingerprint density at radius 2 is 1.86 bits per heavy atom. The second-order valence-corrected chi connectivity index (χ2v) is 4.06. The van der Waals surface area contributed by atoms with Gasteiger partial charge in [0.25, 0.3) is 0 Å². The predicted molar refractivity (Wildman–Crippen MR) is 56.4 cm³/mol. The monoisotopic (exact) mass is 202 g/mol. The molecular formula is C11H22O3. The Kier molecular flexibility index (Phi) is 7.71. The normalized spacial score (nSPS) is 13.2. The number of rotatable bonds is 8. The largest absolute Gasteiger partial charge is 0.379 e. The van der Waals surface area contributed by atoms with Crippen molar-refractivity contribution in [3.8, 4) is 0 Å². The van der Waals surface area contributed by atoms with Crippen molar-refractivity contribution in [2.24, 2.45) is 5.92 Å². The first-order valence-corrected chi connectivity index (χ1v) is 5.21. The lowest BCUT2D eigenvalue weighted by Gasteiger charge is -2.12. The fraction of sp³-hybridized carbons (Fsp3) is 0.909. The lowest BCUT2D eigenvalue weighted by atomic mass is 10.2. The third-order valence-electron chi connectivity index (χ3n) is 1.66. The van der Waals surface area contributed by atoms with Crippen LogP contribution < -0.4 is 0 Å². The third kappa shape index (κ3) is 9.68. The van der Waals surface area contributed by atoms with Gasteiger partial charge >= 0.3 is 0 Å². The molecular weight excluding hydrogens is 180 g/mol. The number of hydrogen-bond acceptors (Lipinski definition) is 3. The molecule has 0 rings (SSSR count). The lowest BCUT2D eigenvalue weighted by molar-refractivity contribution is -0.119. The van der Waals surface area contributed by atoms with E-state index in [1.807, 2.05) is 6.92 Å². The Hall–Kier alpha value is -0.410. The summed E-state index contributed by atoms with van der Waals surface area (Å²) in [5.74, 6) is 0.727. The summed E-state index contributed by atoms with van der Waals surface area (Å²) in [6.07, 6.45) is 0.500. The molecule has 0 aliphatic carbocycles. The lowest BCUT2D eigenvalue weighted by Crippen LogP contribution is -2.16. The fourth-order valence-electron chi connectivity index (χ4n) is 1.09. The molecule has 0 heterocycles. The Labute approximate surface area is 86.8 Å². The summed E-state index contributed by atoms with van der Waals surface area (Å²) in [7, 11) is 0. The average Bonchev–Trinajstić information content (AvgIpc) is 2.01. The number of ketones is 1. The van der Waals surface area contributed by atoms with Crippen molar-refractivity contribution >= 4 is 5.78 Å². The van der Waals surface area contributed by atoms with E-state index in [-0.39, 0.29) is 11.9 Å². The van der Waals surface area contributed by atoms with Crippen molar-refractivity contribution in [2.45, 2.75) is 40.2 Å². The molecule has 3 nitrogen and oxygen atoms in total. The van der Waals surface area contributed by atoms with Crippen LogP contribution in [-0.4, -0.2) is 31.7 Å². The average molecular weight is 202 g/mol. The number of carbonyl (C=O) groups excluding carboxylic acids is 1. The Morgan fingerprint density at radius 3 is 2.36 bits per heavy atom. The number of ether oxygens (including phenoxy) is 2. The molecule has 0 N–H and O–H groups in total. The molecule has 1 atom stereocenters. The molecule has 0 amide bonds. The first-order chi connectivity index (χ1) is 6.52. The van der Waals surface area contributed by atoms with Crippen molar-refractivity contribution in [3.63, 3.8) is 0 Å². The Morgan fingerprint density at radius 1 is 1.21 bits per heavy atom. The van der Waals surface area contributed by atoms with Crippen LogP contribution in [0.2, 0.25) is 0 Å². The van der Waals surface area contributed by atoms with E-state index < -0.39 is 0 Å². The molecule has 0 bridgehead atoms. The number of Topliss-reactive ketones (excluding diaryl/α,β-unsaturated/α-hetero) is 1. The highest BCUT2D eigenvalue weighted by molar-refractivity contribution is 5.75. The summed E-state index contributed by atoms with van der Waals surface area (Å²) in [5.41, 5.74) is 0. The first kappa shape index (κ1) is 13.6. The van der Waals surface area contributed by atoms with Crippen LogP contribution in [0.5, 0.6) is 0 Å². The molecule has 0 saturated carbocycles. The van der Waals surface area contributed by atoms with Gasteiger partial charge < -0.3 is 9.47 Å². The van der Waals surface area contributed by atoms with E-state index in [1.165, 1.54) is 0 Å². The van der Waals surface area contributed by atoms with Crippen LogP contribution >= 0.6 is 0 Å². The summed E-state index contributed by atoms with van der Waals surface area (Å²) in [6.45, 7) is 9.66. The van der Waals surface area contributed by atoms with Gasteiger partial charge in [0.15, 0.2) is 0 Å². The highest BCUT2D eigenvalue weighted by Gasteiger charge is 2.04. The zero-order valence-electron chi connectivity index (χ0n) is 9.71. The van der Waals surface area contributed by atoms with Gasteiger partial charge in [-0.15, -0.1) is 0 Å². The number of carbonyl (C=O) groups is 1. The molecule has 0 radical (unpaired) electrons. The zero-order chi connectivity index (χ0) is 11.0. The van der Waals surface area contributed by atoms with Crippen molar-refractivity contribution in [1.29, 1.82) is 0 Å². The quantitative estimate of drug-likeness (QED) is 0.565. The smallest absolute Gasteiger partial charge is 0.132 e. The van der Waals surface area contributed by atoms with Gasteiger partial charge in [-0.05, 0) is 19.8 Å². The molecule has 0 aromatic carbocycles. The minimum Gasteiger partial charge on any atom is -0.379 e. The van der Waals surface area contributed by atoms with E-state index in [0.29, 0.717) is 25.6 Å². The second-order valence-electron chi connectivity index (χ2n) is 4.06. The molecule has 0 aliphatic heterocycles. The van der Waals surface area contributed by atoms with Crippen LogP contribution in [0.3, 0.4) is 0 Å². The van der Waals surface area contributed by atoms with Crippen LogP contribution in [0.15, 0.2) is 0 Å². The van der Waals surface area contributed by atoms with Crippen LogP contribution in [0, 0.1) is 5.92 Å². The summed E-state index contributed by atoms with van der Waals surface area (Å²) in [6, 6.07) is 0. The van der Waals surface area contributed by atoms with Gasteiger partial charge in [0.05, 0.1) is 19.3 Å². The molecule has 0 aromatic rings. The van der Waals surface area contributed by atoms with Crippen LogP contribution in [0.1, 0.15) is 34.1 Å². The topological polar surface area (TPSA) is 35.5 Å². The van der Waals surface area contributed by atoms with E-state index in [9.17, 15) is 4.79 Å². The standard InChI is InChI=1S/C11H22O3/c1-9(2)8-13-5-6-14-11(4)7-10(3)12/h9,11H,5-8H2,1-4H3. The van der Waals surface area contributed by atoms with E-state index >= 15 is 0 Å². The van der Waals surface area contributed by atoms with Crippen molar-refractivity contribution in [3.05, 3.63) is 0 Å². The summed E-state index contributed by atoms with van der Waals surface area (Å²) >= 11 is 0. The third-order valence-corrected chi connectivity index (χ3v) is 1.66. The first-order valence-electron chi connectivity index (χ1n) is 5.21. The molecule has 0 fully saturated rings. The summed E-state index contributed by atoms with van der Waals surface area (Å²) in [5, 5.41) is 0. The van der Waals surface area contributed by atoms with Crippen molar-refractivity contribution < 1.29 is 14.3 Å². The number of hydrogen-bond donors (Lipinski definition) is 0. The molecule has 0 spiro atoms. The van der Waals surface area contributed by atoms with Gasteiger partial charge in [-0.2, -0.15) is 0 Å². The molecule has 3 heteroatoms. The van der Waals surface area contributed by atoms with Crippen LogP contribution in [0.4, 0.5) is 0 Å². The maximum atomic E-state index is 10.7. The maximum Gasteiger partial charge on any atom is 0.132 e. The minimum atomic E-state index is 0.00940. The van der Waals surface area contributed by atoms with Crippen LogP contribution in [-0.2, 0) is 14.3 Å². The van der Waals surface area contributed by atoms with E-state index in [4.69, 9.17) is 9.47 Å². The van der Waals surface area contributed by atoms with Gasteiger partial charge in [0.1, 0.15) is 5.78 Å². The minimum absolute atomic E-state index is 0.00940. The SMILES string of the molecule is CC(=O)CC(C)OCCOCC(C)C. The Balaban J connectivity index is 3.23. The molecule has 0 saturated heterocycles. The fourth-order valence-corrected chi connectivity index (χ4v) is 1.09. The highest BCUT2D eigenvalue weighted by atomic mass is 16.5. The van der Waals surface area contributed by atoms with E-state index in [1.54, 1.807) is 6.92 Å². The van der Waals surface area contributed by atoms with Crippen molar-refractivity contribution in [1.82, 2.24) is 0 Å². The van der Waals surface area contributed by atoms with Crippen LogP contribution in [0.25, 0.3) is 0 Å². The Bertz CT molecular complexity index is 155. The second kappa shape index (κ2) is 7.94. The zero-order valence-corrected chi connectivity index (χ0v) is 9.71. The predicted octanol–water partition coefficient (Wildman–Crippen LogP) is 2.04. The van der Waals surface area contributed by atoms with Gasteiger partial charge in [0, 0.05) is 13.0 Å². The maximum absolute atomic E-state index is 10.7. The molecule has 84 valence electrons. The van der Waals surface area contributed by atoms with Gasteiger partial charge in [0.2, 0.25) is 0 Å². The van der Waals surface area contributed by atoms with E-state index in [2.05, 4.69) is 13.8 Å². The van der Waals surface area contributed by atoms with Gasteiger partial charge in [-0.25, -0.2) is 0 Å². The van der Waals surface area contributed by atoms with Gasteiger partial charge in [-0.3, -0.25) is 4.79 Å². The highest BCUT2D eigenvalue weighted by Crippen LogP contribution is 1.98. The molecule has 0 aromatic heterocycles. The molecule has 1 unspecified atom stereocenters. The summed E-state index contributed by atoms with van der Waals surface area (Å²) in [4.78, 5) is 10.7. The van der Waals surface area contributed by atoms with E-state index in [0.717, 1.165) is 6.61 Å². The molecule has 0 aliphatic rings. The molecule has 14 heavy (non-hydrogen) atoms. The van der Waals surface area contributed by atoms with Crippen molar-refractivity contribution in [2.75, 3.05) is 19.8 Å². The summed E-state index contributed by atoms with van der Waals surface area (Å²) < 4.78 is 10.7.